The molecule has 0 bridgehead atoms. The molecule has 1 amide bonds. The first-order chi connectivity index (χ1) is 13.4. The molecule has 0 saturated carbocycles. The number of rotatable bonds is 3. The summed E-state index contributed by atoms with van der Waals surface area (Å²) >= 11 is 6.06. The number of benzene rings is 2. The van der Waals surface area contributed by atoms with Gasteiger partial charge in [-0.1, -0.05) is 41.9 Å². The standard InChI is InChI=1S/C21H16ClFN4O/c1-12-19-15(21(28)25-17-9-8-14(23)10-16(17)22)11-18(13-6-4-3-5-7-13)24-20(19)27(2)26-12/h3-11H,1-2H3,(H,25,28). The van der Waals surface area contributed by atoms with Crippen LogP contribution in [0.3, 0.4) is 0 Å². The maximum Gasteiger partial charge on any atom is 0.256 e. The van der Waals surface area contributed by atoms with Crippen molar-refractivity contribution in [3.8, 4) is 11.3 Å². The highest BCUT2D eigenvalue weighted by atomic mass is 35.5. The van der Waals surface area contributed by atoms with Crippen molar-refractivity contribution < 1.29 is 9.18 Å². The summed E-state index contributed by atoms with van der Waals surface area (Å²) in [5, 5.41) is 7.96. The minimum absolute atomic E-state index is 0.129. The molecular weight excluding hydrogens is 379 g/mol. The van der Waals surface area contributed by atoms with Crippen LogP contribution in [0.25, 0.3) is 22.3 Å². The van der Waals surface area contributed by atoms with Crippen LogP contribution in [0, 0.1) is 12.7 Å². The van der Waals surface area contributed by atoms with Crippen LogP contribution in [0.4, 0.5) is 10.1 Å². The summed E-state index contributed by atoms with van der Waals surface area (Å²) in [5.74, 6) is -0.835. The Kier molecular flexibility index (Phi) is 4.57. The molecular formula is C21H16ClFN4O. The Hall–Kier alpha value is -3.25. The number of halogens is 2. The summed E-state index contributed by atoms with van der Waals surface area (Å²) in [7, 11) is 1.79. The third-order valence-electron chi connectivity index (χ3n) is 4.46. The van der Waals surface area contributed by atoms with Gasteiger partial charge in [0.1, 0.15) is 5.82 Å². The number of aromatic nitrogens is 3. The second-order valence-corrected chi connectivity index (χ2v) is 6.81. The molecule has 0 aliphatic carbocycles. The summed E-state index contributed by atoms with van der Waals surface area (Å²) in [6, 6.07) is 15.2. The van der Waals surface area contributed by atoms with Gasteiger partial charge in [0, 0.05) is 12.6 Å². The number of carbonyl (C=O) groups is 1. The fraction of sp³-hybridized carbons (Fsp3) is 0.0952. The van der Waals surface area contributed by atoms with Gasteiger partial charge in [0.2, 0.25) is 0 Å². The van der Waals surface area contributed by atoms with E-state index in [0.29, 0.717) is 33.7 Å². The molecule has 2 aromatic heterocycles. The van der Waals surface area contributed by atoms with E-state index in [1.165, 1.54) is 12.1 Å². The van der Waals surface area contributed by atoms with Crippen molar-refractivity contribution in [2.75, 3.05) is 5.32 Å². The molecule has 0 spiro atoms. The molecule has 0 saturated heterocycles. The lowest BCUT2D eigenvalue weighted by Crippen LogP contribution is -2.13. The zero-order chi connectivity index (χ0) is 19.8. The zero-order valence-electron chi connectivity index (χ0n) is 15.2. The Morgan fingerprint density at radius 2 is 1.89 bits per heavy atom. The first kappa shape index (κ1) is 18.1. The second-order valence-electron chi connectivity index (χ2n) is 6.41. The summed E-state index contributed by atoms with van der Waals surface area (Å²) in [4.78, 5) is 17.8. The van der Waals surface area contributed by atoms with E-state index in [4.69, 9.17) is 11.6 Å². The van der Waals surface area contributed by atoms with Crippen LogP contribution >= 0.6 is 11.6 Å². The molecule has 0 radical (unpaired) electrons. The Labute approximate surface area is 165 Å². The third kappa shape index (κ3) is 3.23. The van der Waals surface area contributed by atoms with Crippen molar-refractivity contribution in [1.29, 1.82) is 0 Å². The van der Waals surface area contributed by atoms with Crippen molar-refractivity contribution in [3.63, 3.8) is 0 Å². The van der Waals surface area contributed by atoms with Gasteiger partial charge in [0.15, 0.2) is 5.65 Å². The van der Waals surface area contributed by atoms with Crippen molar-refractivity contribution in [2.45, 2.75) is 6.92 Å². The van der Waals surface area contributed by atoms with E-state index in [1.54, 1.807) is 17.8 Å². The van der Waals surface area contributed by atoms with E-state index in [-0.39, 0.29) is 10.9 Å². The summed E-state index contributed by atoms with van der Waals surface area (Å²) in [6.07, 6.45) is 0. The van der Waals surface area contributed by atoms with E-state index < -0.39 is 5.82 Å². The van der Waals surface area contributed by atoms with Gasteiger partial charge in [-0.3, -0.25) is 9.48 Å². The highest BCUT2D eigenvalue weighted by Crippen LogP contribution is 2.29. The molecule has 0 aliphatic rings. The fourth-order valence-electron chi connectivity index (χ4n) is 3.16. The number of nitrogens with one attached hydrogen (secondary N) is 1. The molecule has 28 heavy (non-hydrogen) atoms. The van der Waals surface area contributed by atoms with Crippen molar-refractivity contribution >= 4 is 34.2 Å². The number of anilines is 1. The summed E-state index contributed by atoms with van der Waals surface area (Å²) < 4.78 is 14.9. The number of pyridine rings is 1. The lowest BCUT2D eigenvalue weighted by atomic mass is 10.0. The molecule has 2 heterocycles. The van der Waals surface area contributed by atoms with Crippen molar-refractivity contribution in [2.24, 2.45) is 7.05 Å². The summed E-state index contributed by atoms with van der Waals surface area (Å²) in [6.45, 7) is 1.83. The van der Waals surface area contributed by atoms with Gasteiger partial charge in [-0.2, -0.15) is 5.10 Å². The quantitative estimate of drug-likeness (QED) is 0.532. The molecule has 1 N–H and O–H groups in total. The van der Waals surface area contributed by atoms with E-state index >= 15 is 0 Å². The smallest absolute Gasteiger partial charge is 0.256 e. The SMILES string of the molecule is Cc1nn(C)c2nc(-c3ccccc3)cc(C(=O)Nc3ccc(F)cc3Cl)c12. The maximum absolute atomic E-state index is 13.3. The summed E-state index contributed by atoms with van der Waals surface area (Å²) in [5.41, 5.74) is 3.61. The van der Waals surface area contributed by atoms with Crippen LogP contribution in [-0.2, 0) is 7.05 Å². The van der Waals surface area contributed by atoms with Crippen LogP contribution < -0.4 is 5.32 Å². The lowest BCUT2D eigenvalue weighted by Gasteiger charge is -2.10. The van der Waals surface area contributed by atoms with Crippen LogP contribution in [0.5, 0.6) is 0 Å². The molecule has 0 unspecified atom stereocenters. The molecule has 0 fully saturated rings. The maximum atomic E-state index is 13.3. The number of amides is 1. The average Bonchev–Trinajstić information content (AvgIpc) is 2.98. The Morgan fingerprint density at radius 1 is 1.14 bits per heavy atom. The van der Waals surface area contributed by atoms with Gasteiger partial charge >= 0.3 is 0 Å². The number of carbonyl (C=O) groups excluding carboxylic acids is 1. The van der Waals surface area contributed by atoms with Gasteiger partial charge in [0.05, 0.1) is 33.0 Å². The molecule has 4 aromatic rings. The Bertz CT molecular complexity index is 1200. The predicted molar refractivity (Wildman–Crippen MR) is 108 cm³/mol. The van der Waals surface area contributed by atoms with E-state index in [1.807, 2.05) is 37.3 Å². The van der Waals surface area contributed by atoms with Gasteiger partial charge < -0.3 is 5.32 Å². The van der Waals surface area contributed by atoms with Crippen molar-refractivity contribution in [1.82, 2.24) is 14.8 Å². The molecule has 0 atom stereocenters. The highest BCUT2D eigenvalue weighted by Gasteiger charge is 2.20. The van der Waals surface area contributed by atoms with Crippen LogP contribution in [0.2, 0.25) is 5.02 Å². The number of fused-ring (bicyclic) bond motifs is 1. The molecule has 4 rings (SSSR count). The zero-order valence-corrected chi connectivity index (χ0v) is 16.0. The highest BCUT2D eigenvalue weighted by molar-refractivity contribution is 6.34. The number of aryl methyl sites for hydroxylation is 2. The van der Waals surface area contributed by atoms with Crippen LogP contribution in [-0.4, -0.2) is 20.7 Å². The van der Waals surface area contributed by atoms with Crippen molar-refractivity contribution in [3.05, 3.63) is 76.7 Å². The van der Waals surface area contributed by atoms with E-state index in [0.717, 1.165) is 11.6 Å². The molecule has 140 valence electrons. The molecule has 0 aliphatic heterocycles. The van der Waals surface area contributed by atoms with Gasteiger partial charge in [-0.15, -0.1) is 0 Å². The number of hydrogen-bond donors (Lipinski definition) is 1. The predicted octanol–water partition coefficient (Wildman–Crippen LogP) is 4.99. The first-order valence-corrected chi connectivity index (χ1v) is 8.98. The van der Waals surface area contributed by atoms with E-state index in [2.05, 4.69) is 15.4 Å². The lowest BCUT2D eigenvalue weighted by molar-refractivity contribution is 0.102. The minimum atomic E-state index is -0.469. The van der Waals surface area contributed by atoms with Crippen LogP contribution in [0.15, 0.2) is 54.6 Å². The van der Waals surface area contributed by atoms with Gasteiger partial charge in [-0.05, 0) is 31.2 Å². The number of hydrogen-bond acceptors (Lipinski definition) is 3. The van der Waals surface area contributed by atoms with E-state index in [9.17, 15) is 9.18 Å². The Balaban J connectivity index is 1.86. The largest absolute Gasteiger partial charge is 0.321 e. The topological polar surface area (TPSA) is 59.8 Å². The monoisotopic (exact) mass is 394 g/mol. The molecule has 2 aromatic carbocycles. The number of nitrogens with zero attached hydrogens (tertiary/aromatic N) is 3. The second kappa shape index (κ2) is 7.05. The molecule has 5 nitrogen and oxygen atoms in total. The first-order valence-electron chi connectivity index (χ1n) is 8.60. The Morgan fingerprint density at radius 3 is 2.61 bits per heavy atom. The third-order valence-corrected chi connectivity index (χ3v) is 4.77. The minimum Gasteiger partial charge on any atom is -0.321 e. The molecule has 7 heteroatoms. The normalized spacial score (nSPS) is 11.0. The average molecular weight is 395 g/mol. The fourth-order valence-corrected chi connectivity index (χ4v) is 3.38. The van der Waals surface area contributed by atoms with Gasteiger partial charge in [-0.25, -0.2) is 9.37 Å². The van der Waals surface area contributed by atoms with Gasteiger partial charge in [0.25, 0.3) is 5.91 Å². The van der Waals surface area contributed by atoms with Crippen LogP contribution in [0.1, 0.15) is 16.1 Å².